The minimum absolute atomic E-state index is 0.00182. The normalized spacial score (nSPS) is 11.2. The van der Waals surface area contributed by atoms with Crippen molar-refractivity contribution in [3.63, 3.8) is 0 Å². The Bertz CT molecular complexity index is 1100. The number of hydrogen-bond donors (Lipinski definition) is 1. The molecular formula is C22H28N6O3. The third-order valence-corrected chi connectivity index (χ3v) is 5.08. The van der Waals surface area contributed by atoms with Crippen LogP contribution in [-0.2, 0) is 17.8 Å². The smallest absolute Gasteiger partial charge is 0.269 e. The van der Waals surface area contributed by atoms with Gasteiger partial charge in [0, 0.05) is 36.9 Å². The van der Waals surface area contributed by atoms with Crippen LogP contribution in [0.15, 0.2) is 30.3 Å². The van der Waals surface area contributed by atoms with E-state index in [1.165, 1.54) is 12.1 Å². The number of nitrogens with zero attached hydrogens (tertiary/aromatic N) is 5. The second-order valence-electron chi connectivity index (χ2n) is 8.13. The molecule has 0 aliphatic heterocycles. The molecule has 9 nitrogen and oxygen atoms in total. The summed E-state index contributed by atoms with van der Waals surface area (Å²) in [5, 5.41) is 22.8. The number of benzene rings is 1. The molecule has 0 spiro atoms. The molecule has 0 aliphatic rings. The van der Waals surface area contributed by atoms with Gasteiger partial charge >= 0.3 is 0 Å². The highest BCUT2D eigenvalue weighted by Crippen LogP contribution is 2.21. The average Bonchev–Trinajstić information content (AvgIpc) is 3.18. The van der Waals surface area contributed by atoms with Gasteiger partial charge in [0.2, 0.25) is 5.91 Å². The van der Waals surface area contributed by atoms with E-state index < -0.39 is 4.92 Å². The Hall–Kier alpha value is -3.49. The molecule has 1 aromatic carbocycles. The number of hydrogen-bond acceptors (Lipinski definition) is 5. The first-order valence-electron chi connectivity index (χ1n) is 10.3. The maximum absolute atomic E-state index is 12.7. The molecule has 0 fully saturated rings. The van der Waals surface area contributed by atoms with Gasteiger partial charge in [-0.05, 0) is 50.8 Å². The van der Waals surface area contributed by atoms with Gasteiger partial charge in [0.15, 0.2) is 0 Å². The molecule has 9 heteroatoms. The number of nitro benzene ring substituents is 1. The summed E-state index contributed by atoms with van der Waals surface area (Å²) >= 11 is 0. The summed E-state index contributed by atoms with van der Waals surface area (Å²) in [5.74, 6) is 0.899. The van der Waals surface area contributed by atoms with E-state index in [1.807, 2.05) is 25.5 Å². The molecule has 3 aromatic rings. The van der Waals surface area contributed by atoms with Crippen LogP contribution in [0.25, 0.3) is 5.69 Å². The first-order chi connectivity index (χ1) is 14.7. The molecule has 0 atom stereocenters. The molecule has 2 heterocycles. The number of aryl methyl sites for hydroxylation is 2. The van der Waals surface area contributed by atoms with Crippen molar-refractivity contribution >= 4 is 17.4 Å². The number of carbonyl (C=O) groups excluding carboxylic acids is 1. The lowest BCUT2D eigenvalue weighted by atomic mass is 10.1. The van der Waals surface area contributed by atoms with E-state index >= 15 is 0 Å². The zero-order valence-corrected chi connectivity index (χ0v) is 18.5. The summed E-state index contributed by atoms with van der Waals surface area (Å²) < 4.78 is 3.59. The van der Waals surface area contributed by atoms with Crippen molar-refractivity contribution in [1.82, 2.24) is 19.6 Å². The van der Waals surface area contributed by atoms with Gasteiger partial charge in [-0.3, -0.25) is 19.6 Å². The zero-order chi connectivity index (χ0) is 22.7. The van der Waals surface area contributed by atoms with Gasteiger partial charge in [0.25, 0.3) is 5.69 Å². The van der Waals surface area contributed by atoms with Gasteiger partial charge in [-0.25, -0.2) is 4.68 Å². The summed E-state index contributed by atoms with van der Waals surface area (Å²) in [6.45, 7) is 11.0. The van der Waals surface area contributed by atoms with Gasteiger partial charge in [0.1, 0.15) is 5.82 Å². The Morgan fingerprint density at radius 1 is 1.16 bits per heavy atom. The molecule has 1 amide bonds. The van der Waals surface area contributed by atoms with Crippen LogP contribution in [0.2, 0.25) is 0 Å². The second-order valence-corrected chi connectivity index (χ2v) is 8.13. The van der Waals surface area contributed by atoms with E-state index in [1.54, 1.807) is 22.9 Å². The lowest BCUT2D eigenvalue weighted by Gasteiger charge is -2.10. The van der Waals surface area contributed by atoms with Gasteiger partial charge in [-0.15, -0.1) is 0 Å². The molecule has 0 bridgehead atoms. The van der Waals surface area contributed by atoms with Crippen LogP contribution in [-0.4, -0.2) is 30.4 Å². The molecule has 0 aliphatic carbocycles. The number of nitro groups is 1. The monoisotopic (exact) mass is 424 g/mol. The average molecular weight is 425 g/mol. The van der Waals surface area contributed by atoms with E-state index in [4.69, 9.17) is 0 Å². The lowest BCUT2D eigenvalue weighted by Crippen LogP contribution is -2.16. The molecule has 0 saturated heterocycles. The highest BCUT2D eigenvalue weighted by atomic mass is 16.6. The van der Waals surface area contributed by atoms with E-state index in [0.29, 0.717) is 30.3 Å². The van der Waals surface area contributed by atoms with Crippen molar-refractivity contribution in [2.45, 2.75) is 54.0 Å². The van der Waals surface area contributed by atoms with Crippen molar-refractivity contribution in [3.8, 4) is 5.69 Å². The Balaban J connectivity index is 1.71. The minimum atomic E-state index is -0.450. The van der Waals surface area contributed by atoms with Gasteiger partial charge in [0.05, 0.1) is 22.0 Å². The Morgan fingerprint density at radius 2 is 1.84 bits per heavy atom. The molecule has 1 N–H and O–H groups in total. The molecule has 164 valence electrons. The van der Waals surface area contributed by atoms with Gasteiger partial charge < -0.3 is 5.32 Å². The van der Waals surface area contributed by atoms with Crippen LogP contribution in [0.5, 0.6) is 0 Å². The van der Waals surface area contributed by atoms with E-state index in [2.05, 4.69) is 29.4 Å². The van der Waals surface area contributed by atoms with E-state index in [0.717, 1.165) is 29.2 Å². The summed E-state index contributed by atoms with van der Waals surface area (Å²) in [7, 11) is 0. The van der Waals surface area contributed by atoms with Crippen LogP contribution < -0.4 is 5.32 Å². The van der Waals surface area contributed by atoms with Crippen molar-refractivity contribution in [1.29, 1.82) is 0 Å². The number of carbonyl (C=O) groups is 1. The third-order valence-electron chi connectivity index (χ3n) is 5.08. The molecule has 2 aromatic heterocycles. The lowest BCUT2D eigenvalue weighted by molar-refractivity contribution is -0.384. The first-order valence-corrected chi connectivity index (χ1v) is 10.3. The van der Waals surface area contributed by atoms with Crippen LogP contribution >= 0.6 is 0 Å². The minimum Gasteiger partial charge on any atom is -0.311 e. The van der Waals surface area contributed by atoms with E-state index in [9.17, 15) is 14.9 Å². The fourth-order valence-electron chi connectivity index (χ4n) is 3.56. The highest BCUT2D eigenvalue weighted by molar-refractivity contribution is 5.90. The van der Waals surface area contributed by atoms with Crippen molar-refractivity contribution < 1.29 is 9.72 Å². The van der Waals surface area contributed by atoms with E-state index in [-0.39, 0.29) is 11.6 Å². The number of nitrogens with one attached hydrogen (secondary N) is 1. The fraction of sp³-hybridized carbons (Fsp3) is 0.409. The maximum Gasteiger partial charge on any atom is 0.269 e. The van der Waals surface area contributed by atoms with Gasteiger partial charge in [-0.2, -0.15) is 10.2 Å². The van der Waals surface area contributed by atoms with Crippen molar-refractivity contribution in [2.75, 3.05) is 5.32 Å². The second kappa shape index (κ2) is 9.11. The first kappa shape index (κ1) is 22.2. The highest BCUT2D eigenvalue weighted by Gasteiger charge is 2.16. The zero-order valence-electron chi connectivity index (χ0n) is 18.5. The predicted molar refractivity (Wildman–Crippen MR) is 118 cm³/mol. The number of non-ortho nitro benzene ring substituents is 1. The molecule has 31 heavy (non-hydrogen) atoms. The van der Waals surface area contributed by atoms with Crippen molar-refractivity contribution in [2.24, 2.45) is 5.92 Å². The predicted octanol–water partition coefficient (Wildman–Crippen LogP) is 4.13. The molecule has 0 unspecified atom stereocenters. The van der Waals surface area contributed by atoms with Crippen LogP contribution in [0.3, 0.4) is 0 Å². The SMILES string of the molecule is Cc1cc(NC(=O)CCc2c(C)nn(CC(C)C)c2C)n(-c2ccc([N+](=O)[O-])cc2)n1. The maximum atomic E-state index is 12.7. The Kier molecular flexibility index (Phi) is 6.53. The summed E-state index contributed by atoms with van der Waals surface area (Å²) in [6, 6.07) is 7.82. The number of aromatic nitrogens is 4. The molecular weight excluding hydrogens is 396 g/mol. The van der Waals surface area contributed by atoms with Crippen LogP contribution in [0, 0.1) is 36.8 Å². The van der Waals surface area contributed by atoms with Gasteiger partial charge in [-0.1, -0.05) is 13.8 Å². The molecule has 0 saturated carbocycles. The summed E-state index contributed by atoms with van der Waals surface area (Å²) in [6.07, 6.45) is 0.922. The molecule has 3 rings (SSSR count). The summed E-state index contributed by atoms with van der Waals surface area (Å²) in [4.78, 5) is 23.1. The number of rotatable bonds is 8. The Labute approximate surface area is 181 Å². The molecule has 0 radical (unpaired) electrons. The number of amides is 1. The topological polar surface area (TPSA) is 108 Å². The van der Waals surface area contributed by atoms with Crippen molar-refractivity contribution in [3.05, 3.63) is 63.1 Å². The fourth-order valence-corrected chi connectivity index (χ4v) is 3.56. The number of anilines is 1. The third kappa shape index (κ3) is 5.17. The van der Waals surface area contributed by atoms with Crippen LogP contribution in [0.4, 0.5) is 11.5 Å². The Morgan fingerprint density at radius 3 is 2.45 bits per heavy atom. The standard InChI is InChI=1S/C22H28N6O3/c1-14(2)13-26-17(5)20(16(4)25-26)10-11-22(29)23-21-12-15(3)24-27(21)18-6-8-19(9-7-18)28(30)31/h6-9,12,14H,10-11,13H2,1-5H3,(H,23,29). The largest absolute Gasteiger partial charge is 0.311 e. The summed E-state index contributed by atoms with van der Waals surface area (Å²) in [5.41, 5.74) is 4.53. The van der Waals surface area contributed by atoms with Crippen LogP contribution in [0.1, 0.15) is 42.9 Å². The quantitative estimate of drug-likeness (QED) is 0.432.